The van der Waals surface area contributed by atoms with Crippen molar-refractivity contribution in [1.82, 2.24) is 0 Å². The zero-order chi connectivity index (χ0) is 14.1. The Labute approximate surface area is 116 Å². The monoisotopic (exact) mass is 270 g/mol. The van der Waals surface area contributed by atoms with E-state index < -0.39 is 12.2 Å². The van der Waals surface area contributed by atoms with Crippen molar-refractivity contribution >= 4 is 5.78 Å². The average molecular weight is 270 g/mol. The highest BCUT2D eigenvalue weighted by molar-refractivity contribution is 6.03. The van der Waals surface area contributed by atoms with Crippen LogP contribution in [0.2, 0.25) is 0 Å². The van der Waals surface area contributed by atoms with Gasteiger partial charge in [0.2, 0.25) is 0 Å². The van der Waals surface area contributed by atoms with Crippen LogP contribution >= 0.6 is 0 Å². The summed E-state index contributed by atoms with van der Waals surface area (Å²) in [6, 6.07) is 13.7. The quantitative estimate of drug-likeness (QED) is 0.911. The van der Waals surface area contributed by atoms with Crippen LogP contribution in [0.3, 0.4) is 0 Å². The number of ether oxygens (including phenoxy) is 2. The topological polar surface area (TPSA) is 55.8 Å². The van der Waals surface area contributed by atoms with Gasteiger partial charge in [0.15, 0.2) is 18.0 Å². The minimum Gasteiger partial charge on any atom is -0.508 e. The molecular formula is C16H14O4. The molecule has 0 spiro atoms. The van der Waals surface area contributed by atoms with Gasteiger partial charge in [-0.15, -0.1) is 0 Å². The molecule has 0 aromatic heterocycles. The number of carbonyl (C=O) groups is 1. The number of rotatable bonds is 2. The lowest BCUT2D eigenvalue weighted by Gasteiger charge is -2.31. The van der Waals surface area contributed by atoms with Crippen molar-refractivity contribution in [3.8, 4) is 11.5 Å². The maximum Gasteiger partial charge on any atom is 0.199 e. The van der Waals surface area contributed by atoms with E-state index in [-0.39, 0.29) is 11.5 Å². The molecule has 0 unspecified atom stereocenters. The summed E-state index contributed by atoms with van der Waals surface area (Å²) in [4.78, 5) is 12.4. The van der Waals surface area contributed by atoms with Gasteiger partial charge in [0.25, 0.3) is 0 Å². The van der Waals surface area contributed by atoms with E-state index in [4.69, 9.17) is 9.47 Å². The van der Waals surface area contributed by atoms with Crippen molar-refractivity contribution in [1.29, 1.82) is 0 Å². The highest BCUT2D eigenvalue weighted by Crippen LogP contribution is 2.36. The first-order valence-electron chi connectivity index (χ1n) is 6.32. The molecule has 0 amide bonds. The molecule has 0 fully saturated rings. The summed E-state index contributed by atoms with van der Waals surface area (Å²) < 4.78 is 11.2. The minimum atomic E-state index is -0.686. The standard InChI is InChI=1S/C16H14O4/c1-19-16-14(18)12-4-2-3-5-13(12)20-15(16)10-6-8-11(17)9-7-10/h2-9,15-17H,1H3/t15-,16-/m1/s1. The number of hydrogen-bond donors (Lipinski definition) is 1. The number of fused-ring (bicyclic) bond motifs is 1. The fourth-order valence-corrected chi connectivity index (χ4v) is 2.40. The highest BCUT2D eigenvalue weighted by Gasteiger charge is 2.38. The van der Waals surface area contributed by atoms with E-state index in [9.17, 15) is 9.90 Å². The Balaban J connectivity index is 2.03. The summed E-state index contributed by atoms with van der Waals surface area (Å²) in [5, 5.41) is 9.35. The van der Waals surface area contributed by atoms with E-state index in [1.54, 1.807) is 42.5 Å². The Bertz CT molecular complexity index is 633. The molecule has 4 nitrogen and oxygen atoms in total. The van der Waals surface area contributed by atoms with Gasteiger partial charge >= 0.3 is 0 Å². The van der Waals surface area contributed by atoms with Crippen molar-refractivity contribution in [2.24, 2.45) is 0 Å². The van der Waals surface area contributed by atoms with Crippen LogP contribution in [-0.4, -0.2) is 24.1 Å². The molecule has 0 saturated carbocycles. The van der Waals surface area contributed by atoms with Gasteiger partial charge in [-0.2, -0.15) is 0 Å². The molecule has 1 aliphatic heterocycles. The summed E-state index contributed by atoms with van der Waals surface area (Å²) in [7, 11) is 1.49. The van der Waals surface area contributed by atoms with E-state index in [1.165, 1.54) is 7.11 Å². The lowest BCUT2D eigenvalue weighted by molar-refractivity contribution is -0.000610. The predicted molar refractivity (Wildman–Crippen MR) is 73.0 cm³/mol. The lowest BCUT2D eigenvalue weighted by atomic mass is 9.93. The lowest BCUT2D eigenvalue weighted by Crippen LogP contribution is -2.37. The third-order valence-electron chi connectivity index (χ3n) is 3.42. The van der Waals surface area contributed by atoms with Crippen LogP contribution in [-0.2, 0) is 4.74 Å². The molecule has 0 radical (unpaired) electrons. The number of phenols is 1. The van der Waals surface area contributed by atoms with Crippen LogP contribution in [0.15, 0.2) is 48.5 Å². The van der Waals surface area contributed by atoms with Gasteiger partial charge in [-0.25, -0.2) is 0 Å². The molecule has 0 saturated heterocycles. The number of ketones is 1. The Morgan fingerprint density at radius 3 is 2.50 bits per heavy atom. The van der Waals surface area contributed by atoms with E-state index in [2.05, 4.69) is 0 Å². The van der Waals surface area contributed by atoms with Crippen molar-refractivity contribution in [3.63, 3.8) is 0 Å². The highest BCUT2D eigenvalue weighted by atomic mass is 16.5. The van der Waals surface area contributed by atoms with E-state index in [0.717, 1.165) is 5.56 Å². The molecular weight excluding hydrogens is 256 g/mol. The number of carbonyl (C=O) groups excluding carboxylic acids is 1. The van der Waals surface area contributed by atoms with Crippen molar-refractivity contribution in [3.05, 3.63) is 59.7 Å². The molecule has 0 bridgehead atoms. The zero-order valence-corrected chi connectivity index (χ0v) is 10.9. The summed E-state index contributed by atoms with van der Waals surface area (Å²) in [5.74, 6) is 0.640. The average Bonchev–Trinajstić information content (AvgIpc) is 2.48. The second kappa shape index (κ2) is 4.98. The van der Waals surface area contributed by atoms with Crippen molar-refractivity contribution in [2.75, 3.05) is 7.11 Å². The maximum atomic E-state index is 12.4. The van der Waals surface area contributed by atoms with Gasteiger partial charge in [0.05, 0.1) is 5.56 Å². The fraction of sp³-hybridized carbons (Fsp3) is 0.188. The van der Waals surface area contributed by atoms with Crippen LogP contribution in [0.4, 0.5) is 0 Å². The summed E-state index contributed by atoms with van der Waals surface area (Å²) >= 11 is 0. The molecule has 1 aliphatic rings. The van der Waals surface area contributed by atoms with Gasteiger partial charge in [0.1, 0.15) is 11.5 Å². The van der Waals surface area contributed by atoms with Crippen LogP contribution in [0.5, 0.6) is 11.5 Å². The van der Waals surface area contributed by atoms with Gasteiger partial charge in [-0.1, -0.05) is 24.3 Å². The molecule has 3 rings (SSSR count). The number of benzene rings is 2. The van der Waals surface area contributed by atoms with Gasteiger partial charge < -0.3 is 14.6 Å². The smallest absolute Gasteiger partial charge is 0.199 e. The molecule has 0 aliphatic carbocycles. The number of para-hydroxylation sites is 1. The van der Waals surface area contributed by atoms with Crippen molar-refractivity contribution in [2.45, 2.75) is 12.2 Å². The van der Waals surface area contributed by atoms with Crippen LogP contribution in [0.25, 0.3) is 0 Å². The zero-order valence-electron chi connectivity index (χ0n) is 10.9. The largest absolute Gasteiger partial charge is 0.508 e. The fourth-order valence-electron chi connectivity index (χ4n) is 2.40. The van der Waals surface area contributed by atoms with Gasteiger partial charge in [0, 0.05) is 7.11 Å². The molecule has 20 heavy (non-hydrogen) atoms. The van der Waals surface area contributed by atoms with Gasteiger partial charge in [-0.05, 0) is 29.8 Å². The second-order valence-corrected chi connectivity index (χ2v) is 4.65. The molecule has 2 aromatic carbocycles. The third kappa shape index (κ3) is 2.04. The minimum absolute atomic E-state index is 0.0903. The third-order valence-corrected chi connectivity index (χ3v) is 3.42. The van der Waals surface area contributed by atoms with E-state index in [1.807, 2.05) is 6.07 Å². The van der Waals surface area contributed by atoms with E-state index in [0.29, 0.717) is 11.3 Å². The van der Waals surface area contributed by atoms with Crippen molar-refractivity contribution < 1.29 is 19.4 Å². The first kappa shape index (κ1) is 12.7. The van der Waals surface area contributed by atoms with Crippen LogP contribution in [0, 0.1) is 0 Å². The van der Waals surface area contributed by atoms with E-state index >= 15 is 0 Å². The van der Waals surface area contributed by atoms with Gasteiger partial charge in [-0.3, -0.25) is 4.79 Å². The summed E-state index contributed by atoms with van der Waals surface area (Å²) in [6.07, 6.45) is -1.20. The molecule has 2 atom stereocenters. The normalized spacial score (nSPS) is 21.1. The Hall–Kier alpha value is -2.33. The Kier molecular flexibility index (Phi) is 3.16. The Morgan fingerprint density at radius 1 is 1.10 bits per heavy atom. The maximum absolute atomic E-state index is 12.4. The summed E-state index contributed by atoms with van der Waals surface area (Å²) in [6.45, 7) is 0. The molecule has 4 heteroatoms. The van der Waals surface area contributed by atoms with Crippen LogP contribution in [0.1, 0.15) is 22.0 Å². The number of Topliss-reactive ketones (excluding diaryl/α,β-unsaturated/α-hetero) is 1. The Morgan fingerprint density at radius 2 is 1.80 bits per heavy atom. The first-order valence-corrected chi connectivity index (χ1v) is 6.32. The number of methoxy groups -OCH3 is 1. The molecule has 1 heterocycles. The number of hydrogen-bond acceptors (Lipinski definition) is 4. The summed E-state index contributed by atoms with van der Waals surface area (Å²) in [5.41, 5.74) is 1.33. The predicted octanol–water partition coefficient (Wildman–Crippen LogP) is 2.72. The number of aromatic hydroxyl groups is 1. The second-order valence-electron chi connectivity index (χ2n) is 4.65. The number of phenolic OH excluding ortho intramolecular Hbond substituents is 1. The van der Waals surface area contributed by atoms with Crippen LogP contribution < -0.4 is 4.74 Å². The first-order chi connectivity index (χ1) is 9.70. The molecule has 1 N–H and O–H groups in total. The molecule has 2 aromatic rings. The SMILES string of the molecule is CO[C@@H]1C(=O)c2ccccc2O[C@@H]1c1ccc(O)cc1. The molecule has 102 valence electrons.